The molecule has 0 saturated carbocycles. The fourth-order valence-electron chi connectivity index (χ4n) is 5.54. The van der Waals surface area contributed by atoms with Crippen molar-refractivity contribution in [2.24, 2.45) is 5.92 Å². The van der Waals surface area contributed by atoms with Crippen LogP contribution in [0.1, 0.15) is 42.0 Å². The van der Waals surface area contributed by atoms with Gasteiger partial charge in [0.05, 0.1) is 0 Å². The lowest BCUT2D eigenvalue weighted by Crippen LogP contribution is -2.53. The fourth-order valence-corrected chi connectivity index (χ4v) is 5.67. The van der Waals surface area contributed by atoms with E-state index in [2.05, 4.69) is 27.5 Å². The van der Waals surface area contributed by atoms with Crippen LogP contribution in [-0.2, 0) is 6.54 Å². The minimum Gasteiger partial charge on any atom is -0.311 e. The first-order valence-electron chi connectivity index (χ1n) is 11.2. The minimum absolute atomic E-state index is 0.153. The summed E-state index contributed by atoms with van der Waals surface area (Å²) in [6.45, 7) is 5.51. The van der Waals surface area contributed by atoms with E-state index in [0.717, 1.165) is 35.8 Å². The summed E-state index contributed by atoms with van der Waals surface area (Å²) in [5, 5.41) is 0.724. The van der Waals surface area contributed by atoms with Crippen LogP contribution in [0.15, 0.2) is 41.2 Å². The van der Waals surface area contributed by atoms with E-state index >= 15 is 0 Å². The van der Waals surface area contributed by atoms with Crippen molar-refractivity contribution in [2.45, 2.75) is 37.8 Å². The molecule has 1 aromatic carbocycles. The van der Waals surface area contributed by atoms with Crippen LogP contribution in [-0.4, -0.2) is 53.6 Å². The second-order valence-electron chi connectivity index (χ2n) is 9.30. The summed E-state index contributed by atoms with van der Waals surface area (Å²) < 4.78 is 2.06. The highest BCUT2D eigenvalue weighted by molar-refractivity contribution is 6.30. The van der Waals surface area contributed by atoms with Crippen LogP contribution in [0.2, 0.25) is 5.02 Å². The number of halogens is 1. The number of hydrogen-bond acceptors (Lipinski definition) is 3. The Bertz CT molecular complexity index is 988. The van der Waals surface area contributed by atoms with Crippen molar-refractivity contribution in [3.8, 4) is 0 Å². The number of likely N-dealkylation sites (tertiary alicyclic amines) is 2. The minimum atomic E-state index is 0.153. The van der Waals surface area contributed by atoms with Crippen molar-refractivity contribution in [1.82, 2.24) is 14.4 Å². The third-order valence-electron chi connectivity index (χ3n) is 7.19. The van der Waals surface area contributed by atoms with E-state index in [1.807, 2.05) is 42.5 Å². The molecule has 3 aliphatic heterocycles. The van der Waals surface area contributed by atoms with Gasteiger partial charge in [0.25, 0.3) is 5.56 Å². The molecule has 5 heteroatoms. The number of nitrogens with zero attached hydrogens (tertiary/aromatic N) is 3. The van der Waals surface area contributed by atoms with Gasteiger partial charge in [-0.15, -0.1) is 0 Å². The molecule has 4 heterocycles. The van der Waals surface area contributed by atoms with Crippen LogP contribution in [0.25, 0.3) is 12.2 Å². The maximum absolute atomic E-state index is 13.2. The summed E-state index contributed by atoms with van der Waals surface area (Å²) >= 11 is 5.96. The van der Waals surface area contributed by atoms with Crippen LogP contribution in [0.5, 0.6) is 0 Å². The molecular weight excluding hydrogens is 394 g/mol. The van der Waals surface area contributed by atoms with Crippen LogP contribution in [0.4, 0.5) is 0 Å². The van der Waals surface area contributed by atoms with Crippen LogP contribution >= 0.6 is 11.6 Å². The average Bonchev–Trinajstić information content (AvgIpc) is 2.75. The van der Waals surface area contributed by atoms with Gasteiger partial charge in [-0.25, -0.2) is 0 Å². The van der Waals surface area contributed by atoms with Crippen molar-refractivity contribution in [3.05, 3.63) is 68.6 Å². The van der Waals surface area contributed by atoms with Gasteiger partial charge in [-0.1, -0.05) is 29.8 Å². The monoisotopic (exact) mass is 423 g/mol. The Labute approximate surface area is 183 Å². The number of piperidine rings is 2. The first kappa shape index (κ1) is 20.0. The molecule has 158 valence electrons. The molecule has 5 rings (SSSR count). The average molecular weight is 424 g/mol. The van der Waals surface area contributed by atoms with Crippen LogP contribution < -0.4 is 5.56 Å². The maximum atomic E-state index is 13.2. The molecule has 1 aromatic heterocycles. The van der Waals surface area contributed by atoms with Crippen LogP contribution in [0.3, 0.4) is 0 Å². The number of hydrogen-bond donors (Lipinski definition) is 0. The van der Waals surface area contributed by atoms with E-state index in [0.29, 0.717) is 17.9 Å². The molecule has 0 unspecified atom stereocenters. The lowest BCUT2D eigenvalue weighted by atomic mass is 9.81. The Morgan fingerprint density at radius 2 is 1.73 bits per heavy atom. The normalized spacial score (nSPS) is 25.5. The van der Waals surface area contributed by atoms with Gasteiger partial charge in [0.1, 0.15) is 0 Å². The predicted octanol–water partition coefficient (Wildman–Crippen LogP) is 4.19. The zero-order chi connectivity index (χ0) is 20.7. The third-order valence-corrected chi connectivity index (χ3v) is 7.44. The Hall–Kier alpha value is -1.88. The van der Waals surface area contributed by atoms with E-state index in [1.165, 1.54) is 38.0 Å². The number of fused-ring (bicyclic) bond motifs is 4. The number of benzene rings is 1. The Morgan fingerprint density at radius 3 is 2.50 bits per heavy atom. The molecule has 4 nitrogen and oxygen atoms in total. The van der Waals surface area contributed by atoms with E-state index in [4.69, 9.17) is 11.6 Å². The van der Waals surface area contributed by atoms with Gasteiger partial charge >= 0.3 is 0 Å². The highest BCUT2D eigenvalue weighted by Crippen LogP contribution is 2.37. The van der Waals surface area contributed by atoms with Gasteiger partial charge in [-0.3, -0.25) is 9.69 Å². The quantitative estimate of drug-likeness (QED) is 0.741. The number of pyridine rings is 1. The second kappa shape index (κ2) is 8.33. The summed E-state index contributed by atoms with van der Waals surface area (Å²) in [7, 11) is 2.22. The Balaban J connectivity index is 1.36. The molecule has 0 radical (unpaired) electrons. The van der Waals surface area contributed by atoms with Crippen molar-refractivity contribution in [1.29, 1.82) is 0 Å². The van der Waals surface area contributed by atoms with E-state index in [9.17, 15) is 4.79 Å². The topological polar surface area (TPSA) is 28.5 Å². The van der Waals surface area contributed by atoms with E-state index in [1.54, 1.807) is 0 Å². The molecule has 0 spiro atoms. The molecule has 0 N–H and O–H groups in total. The number of rotatable bonds is 3. The smallest absolute Gasteiger partial charge is 0.258 e. The first-order valence-corrected chi connectivity index (χ1v) is 11.5. The highest BCUT2D eigenvalue weighted by atomic mass is 35.5. The van der Waals surface area contributed by atoms with E-state index in [-0.39, 0.29) is 5.56 Å². The summed E-state index contributed by atoms with van der Waals surface area (Å²) in [4.78, 5) is 18.4. The first-order chi connectivity index (χ1) is 14.6. The standard InChI is InChI=1S/C25H30ClN3O/c1-27-12-10-23(11-13-27)28-15-19-14-21(17-28)24-9-6-20(25(30)29(24)16-19)5-2-18-3-7-22(26)8-4-18/h2-9,19,21,23H,10-17H2,1H3/b5-2+/t19-,21+/m0/s1. The SMILES string of the molecule is CN1CCC(N2C[C@@H]3C[C@H](C2)c2ccc(/C=C/c4ccc(Cl)cc4)c(=O)n2C3)CC1. The lowest BCUT2D eigenvalue weighted by Gasteiger charge is -2.47. The summed E-state index contributed by atoms with van der Waals surface area (Å²) in [6.07, 6.45) is 7.70. The summed E-state index contributed by atoms with van der Waals surface area (Å²) in [6, 6.07) is 12.6. The Morgan fingerprint density at radius 1 is 0.967 bits per heavy atom. The van der Waals surface area contributed by atoms with Gasteiger partial charge in [0, 0.05) is 47.9 Å². The fraction of sp³-hybridized carbons (Fsp3) is 0.480. The van der Waals surface area contributed by atoms with Gasteiger partial charge < -0.3 is 9.47 Å². The van der Waals surface area contributed by atoms with Crippen molar-refractivity contribution >= 4 is 23.8 Å². The molecule has 0 aliphatic carbocycles. The third kappa shape index (κ3) is 4.01. The lowest BCUT2D eigenvalue weighted by molar-refractivity contribution is 0.0516. The number of aromatic nitrogens is 1. The van der Waals surface area contributed by atoms with E-state index < -0.39 is 0 Å². The Kier molecular flexibility index (Phi) is 5.57. The van der Waals surface area contributed by atoms with Crippen molar-refractivity contribution in [2.75, 3.05) is 33.2 Å². The molecule has 30 heavy (non-hydrogen) atoms. The van der Waals surface area contributed by atoms with Crippen molar-refractivity contribution in [3.63, 3.8) is 0 Å². The molecule has 3 aliphatic rings. The zero-order valence-corrected chi connectivity index (χ0v) is 18.4. The zero-order valence-electron chi connectivity index (χ0n) is 17.6. The van der Waals surface area contributed by atoms with Crippen molar-refractivity contribution < 1.29 is 0 Å². The molecule has 2 aromatic rings. The van der Waals surface area contributed by atoms with Gasteiger partial charge in [0.2, 0.25) is 0 Å². The summed E-state index contributed by atoms with van der Waals surface area (Å²) in [5.41, 5.74) is 3.20. The molecule has 2 atom stereocenters. The largest absolute Gasteiger partial charge is 0.311 e. The predicted molar refractivity (Wildman–Crippen MR) is 124 cm³/mol. The molecule has 2 saturated heterocycles. The van der Waals surface area contributed by atoms with Gasteiger partial charge in [-0.05, 0) is 81.2 Å². The molecule has 0 amide bonds. The maximum Gasteiger partial charge on any atom is 0.258 e. The highest BCUT2D eigenvalue weighted by Gasteiger charge is 2.37. The molecular formula is C25H30ClN3O. The second-order valence-corrected chi connectivity index (χ2v) is 9.74. The molecule has 2 fully saturated rings. The summed E-state index contributed by atoms with van der Waals surface area (Å²) in [5.74, 6) is 1.07. The van der Waals surface area contributed by atoms with Crippen LogP contribution in [0, 0.1) is 5.92 Å². The molecule has 2 bridgehead atoms. The van der Waals surface area contributed by atoms with Gasteiger partial charge in [0.15, 0.2) is 0 Å². The van der Waals surface area contributed by atoms with Gasteiger partial charge in [-0.2, -0.15) is 0 Å².